The number of rotatable bonds is 5. The van der Waals surface area contributed by atoms with Crippen molar-refractivity contribution in [1.29, 1.82) is 0 Å². The van der Waals surface area contributed by atoms with Gasteiger partial charge in [0.25, 0.3) is 5.91 Å². The summed E-state index contributed by atoms with van der Waals surface area (Å²) in [5.41, 5.74) is 9.11. The second-order valence-corrected chi connectivity index (χ2v) is 7.96. The number of benzene rings is 3. The van der Waals surface area contributed by atoms with Crippen molar-refractivity contribution in [2.75, 3.05) is 0 Å². The number of para-hydroxylation sites is 1. The smallest absolute Gasteiger partial charge is 0.267 e. The van der Waals surface area contributed by atoms with Crippen LogP contribution < -0.4 is 5.43 Å². The Hall–Kier alpha value is -3.79. The van der Waals surface area contributed by atoms with Gasteiger partial charge in [0.05, 0.1) is 23.0 Å². The summed E-state index contributed by atoms with van der Waals surface area (Å²) in [5, 5.41) is 4.97. The SMILES string of the molecule is Cc1ccc(-c2cc(C(=O)N/N=C/c3ccc(C(C)C)cc3)c3ccccc3n2)cc1. The molecule has 1 amide bonds. The summed E-state index contributed by atoms with van der Waals surface area (Å²) >= 11 is 0. The number of carbonyl (C=O) groups is 1. The molecule has 0 atom stereocenters. The zero-order chi connectivity index (χ0) is 21.8. The van der Waals surface area contributed by atoms with E-state index in [1.54, 1.807) is 6.21 Å². The van der Waals surface area contributed by atoms with Crippen molar-refractivity contribution in [2.24, 2.45) is 5.10 Å². The number of fused-ring (bicyclic) bond motifs is 1. The lowest BCUT2D eigenvalue weighted by molar-refractivity contribution is 0.0956. The lowest BCUT2D eigenvalue weighted by Gasteiger charge is -2.09. The Morgan fingerprint density at radius 3 is 2.39 bits per heavy atom. The van der Waals surface area contributed by atoms with Crippen LogP contribution in [0.1, 0.15) is 46.8 Å². The zero-order valence-electron chi connectivity index (χ0n) is 18.0. The molecule has 4 heteroatoms. The monoisotopic (exact) mass is 407 g/mol. The summed E-state index contributed by atoms with van der Waals surface area (Å²) in [4.78, 5) is 17.7. The molecule has 0 unspecified atom stereocenters. The lowest BCUT2D eigenvalue weighted by Crippen LogP contribution is -2.18. The summed E-state index contributed by atoms with van der Waals surface area (Å²) in [7, 11) is 0. The van der Waals surface area contributed by atoms with E-state index in [1.165, 1.54) is 11.1 Å². The minimum atomic E-state index is -0.262. The van der Waals surface area contributed by atoms with Gasteiger partial charge in [-0.2, -0.15) is 5.10 Å². The van der Waals surface area contributed by atoms with Crippen molar-refractivity contribution >= 4 is 23.0 Å². The molecule has 4 aromatic rings. The fraction of sp³-hybridized carbons (Fsp3) is 0.148. The minimum Gasteiger partial charge on any atom is -0.267 e. The van der Waals surface area contributed by atoms with Crippen LogP contribution in [0.15, 0.2) is 84.0 Å². The fourth-order valence-electron chi connectivity index (χ4n) is 3.43. The van der Waals surface area contributed by atoms with E-state index in [1.807, 2.05) is 73.7 Å². The molecule has 0 aliphatic heterocycles. The Labute approximate surface area is 182 Å². The first-order valence-corrected chi connectivity index (χ1v) is 10.4. The highest BCUT2D eigenvalue weighted by molar-refractivity contribution is 6.07. The van der Waals surface area contributed by atoms with Crippen LogP contribution in [-0.2, 0) is 0 Å². The molecule has 0 bridgehead atoms. The number of nitrogens with one attached hydrogen (secondary N) is 1. The highest BCUT2D eigenvalue weighted by atomic mass is 16.2. The molecular formula is C27H25N3O. The van der Waals surface area contributed by atoms with Crippen LogP contribution in [0.25, 0.3) is 22.2 Å². The van der Waals surface area contributed by atoms with Gasteiger partial charge in [-0.1, -0.05) is 86.1 Å². The highest BCUT2D eigenvalue weighted by Gasteiger charge is 2.13. The van der Waals surface area contributed by atoms with Crippen LogP contribution >= 0.6 is 0 Å². The van der Waals surface area contributed by atoms with Crippen LogP contribution in [0.2, 0.25) is 0 Å². The quantitative estimate of drug-likeness (QED) is 0.321. The predicted octanol–water partition coefficient (Wildman–Crippen LogP) is 6.10. The molecule has 0 aliphatic carbocycles. The molecule has 154 valence electrons. The average molecular weight is 408 g/mol. The van der Waals surface area contributed by atoms with Crippen molar-refractivity contribution < 1.29 is 4.79 Å². The number of hydrazone groups is 1. The maximum Gasteiger partial charge on any atom is 0.272 e. The molecule has 1 aromatic heterocycles. The summed E-state index contributed by atoms with van der Waals surface area (Å²) in [5.74, 6) is 0.218. The van der Waals surface area contributed by atoms with Gasteiger partial charge in [0, 0.05) is 10.9 Å². The van der Waals surface area contributed by atoms with Gasteiger partial charge in [0.15, 0.2) is 0 Å². The van der Waals surface area contributed by atoms with E-state index in [-0.39, 0.29) is 5.91 Å². The van der Waals surface area contributed by atoms with Crippen LogP contribution in [-0.4, -0.2) is 17.1 Å². The standard InChI is InChI=1S/C27H25N3O/c1-18(2)21-14-10-20(11-15-21)17-28-30-27(31)24-16-26(22-12-8-19(3)9-13-22)29-25-7-5-4-6-23(24)25/h4-18H,1-3H3,(H,30,31)/b28-17+. The summed E-state index contributed by atoms with van der Waals surface area (Å²) in [6.07, 6.45) is 1.66. The first kappa shape index (κ1) is 20.5. The highest BCUT2D eigenvalue weighted by Crippen LogP contribution is 2.25. The lowest BCUT2D eigenvalue weighted by atomic mass is 10.0. The number of nitrogens with zero attached hydrogens (tertiary/aromatic N) is 2. The Balaban J connectivity index is 1.61. The normalized spacial score (nSPS) is 11.4. The van der Waals surface area contributed by atoms with E-state index in [4.69, 9.17) is 4.98 Å². The molecule has 4 nitrogen and oxygen atoms in total. The van der Waals surface area contributed by atoms with E-state index in [0.717, 1.165) is 27.7 Å². The van der Waals surface area contributed by atoms with Crippen molar-refractivity contribution in [3.63, 3.8) is 0 Å². The minimum absolute atomic E-state index is 0.262. The number of aryl methyl sites for hydroxylation is 1. The predicted molar refractivity (Wildman–Crippen MR) is 128 cm³/mol. The largest absolute Gasteiger partial charge is 0.272 e. The van der Waals surface area contributed by atoms with E-state index in [2.05, 4.69) is 36.5 Å². The first-order valence-electron chi connectivity index (χ1n) is 10.4. The molecule has 1 N–H and O–H groups in total. The molecule has 1 heterocycles. The second kappa shape index (κ2) is 8.92. The number of amides is 1. The molecule has 0 fully saturated rings. The third-order valence-electron chi connectivity index (χ3n) is 5.29. The van der Waals surface area contributed by atoms with Crippen molar-refractivity contribution in [3.8, 4) is 11.3 Å². The van der Waals surface area contributed by atoms with Gasteiger partial charge in [-0.3, -0.25) is 4.79 Å². The van der Waals surface area contributed by atoms with Gasteiger partial charge in [-0.15, -0.1) is 0 Å². The van der Waals surface area contributed by atoms with Gasteiger partial charge in [-0.25, -0.2) is 10.4 Å². The van der Waals surface area contributed by atoms with Crippen molar-refractivity contribution in [1.82, 2.24) is 10.4 Å². The maximum atomic E-state index is 13.0. The number of hydrogen-bond donors (Lipinski definition) is 1. The topological polar surface area (TPSA) is 54.4 Å². The third kappa shape index (κ3) is 4.69. The number of aromatic nitrogens is 1. The number of carbonyl (C=O) groups excluding carboxylic acids is 1. The molecule has 0 saturated heterocycles. The summed E-state index contributed by atoms with van der Waals surface area (Å²) in [6, 6.07) is 25.8. The van der Waals surface area contributed by atoms with Crippen LogP contribution in [0, 0.1) is 6.92 Å². The van der Waals surface area contributed by atoms with Crippen molar-refractivity contribution in [2.45, 2.75) is 26.7 Å². The molecule has 0 radical (unpaired) electrons. The Morgan fingerprint density at radius 1 is 0.968 bits per heavy atom. The fourth-order valence-corrected chi connectivity index (χ4v) is 3.43. The Morgan fingerprint density at radius 2 is 1.68 bits per heavy atom. The Bertz CT molecular complexity index is 1240. The van der Waals surface area contributed by atoms with Crippen LogP contribution in [0.3, 0.4) is 0 Å². The Kier molecular flexibility index (Phi) is 5.89. The van der Waals surface area contributed by atoms with Gasteiger partial charge in [-0.05, 0) is 36.1 Å². The first-order chi connectivity index (χ1) is 15.0. The number of pyridine rings is 1. The van der Waals surface area contributed by atoms with Gasteiger partial charge < -0.3 is 0 Å². The molecule has 0 spiro atoms. The van der Waals surface area contributed by atoms with E-state index < -0.39 is 0 Å². The summed E-state index contributed by atoms with van der Waals surface area (Å²) in [6.45, 7) is 6.37. The third-order valence-corrected chi connectivity index (χ3v) is 5.29. The van der Waals surface area contributed by atoms with E-state index >= 15 is 0 Å². The molecule has 0 aliphatic rings. The van der Waals surface area contributed by atoms with Crippen LogP contribution in [0.5, 0.6) is 0 Å². The zero-order valence-corrected chi connectivity index (χ0v) is 18.0. The summed E-state index contributed by atoms with van der Waals surface area (Å²) < 4.78 is 0. The average Bonchev–Trinajstić information content (AvgIpc) is 2.79. The molecule has 31 heavy (non-hydrogen) atoms. The van der Waals surface area contributed by atoms with Gasteiger partial charge in [0.2, 0.25) is 0 Å². The second-order valence-electron chi connectivity index (χ2n) is 7.96. The molecule has 0 saturated carbocycles. The van der Waals surface area contributed by atoms with E-state index in [0.29, 0.717) is 11.5 Å². The van der Waals surface area contributed by atoms with Gasteiger partial charge >= 0.3 is 0 Å². The molecular weight excluding hydrogens is 382 g/mol. The van der Waals surface area contributed by atoms with Gasteiger partial charge in [0.1, 0.15) is 0 Å². The van der Waals surface area contributed by atoms with Crippen molar-refractivity contribution in [3.05, 3.63) is 101 Å². The molecule has 3 aromatic carbocycles. The maximum absolute atomic E-state index is 13.0. The molecule has 4 rings (SSSR count). The van der Waals surface area contributed by atoms with Crippen LogP contribution in [0.4, 0.5) is 0 Å². The number of hydrogen-bond acceptors (Lipinski definition) is 3. The van der Waals surface area contributed by atoms with E-state index in [9.17, 15) is 4.79 Å².